The van der Waals surface area contributed by atoms with Gasteiger partial charge in [0.25, 0.3) is 5.91 Å². The van der Waals surface area contributed by atoms with Crippen molar-refractivity contribution in [3.8, 4) is 0 Å². The maximum Gasteiger partial charge on any atom is 0.267 e. The molecule has 0 unspecified atom stereocenters. The first-order valence-electron chi connectivity index (χ1n) is 6.09. The van der Waals surface area contributed by atoms with Crippen LogP contribution in [0.4, 0.5) is 5.69 Å². The van der Waals surface area contributed by atoms with Crippen LogP contribution in [0.2, 0.25) is 15.1 Å². The molecule has 3 aromatic rings. The molecule has 0 saturated heterocycles. The Balaban J connectivity index is 1.97. The summed E-state index contributed by atoms with van der Waals surface area (Å²) in [4.78, 5) is 12.9. The van der Waals surface area contributed by atoms with Crippen molar-refractivity contribution < 1.29 is 4.79 Å². The third-order valence-corrected chi connectivity index (χ3v) is 5.67. The molecule has 2 aromatic carbocycles. The number of halogens is 4. The molecule has 0 bridgehead atoms. The second kappa shape index (κ2) is 6.38. The van der Waals surface area contributed by atoms with Crippen LogP contribution in [0.1, 0.15) is 9.67 Å². The van der Waals surface area contributed by atoms with Gasteiger partial charge in [-0.2, -0.15) is 0 Å². The van der Waals surface area contributed by atoms with E-state index in [1.807, 2.05) is 0 Å². The van der Waals surface area contributed by atoms with Crippen molar-refractivity contribution in [1.82, 2.24) is 0 Å². The van der Waals surface area contributed by atoms with Gasteiger partial charge in [-0.25, -0.2) is 0 Å². The predicted octanol–water partition coefficient (Wildman–Crippen LogP) is 6.88. The second-order valence-corrected chi connectivity index (χ2v) is 7.65. The smallest absolute Gasteiger partial charge is 0.267 e. The second-order valence-electron chi connectivity index (χ2n) is 4.46. The van der Waals surface area contributed by atoms with Crippen LogP contribution in [-0.2, 0) is 0 Å². The van der Waals surface area contributed by atoms with Crippen LogP contribution in [0.15, 0.2) is 40.9 Å². The molecule has 112 valence electrons. The van der Waals surface area contributed by atoms with Gasteiger partial charge in [0.2, 0.25) is 0 Å². The lowest BCUT2D eigenvalue weighted by atomic mass is 10.2. The third-order valence-electron chi connectivity index (χ3n) is 2.98. The lowest BCUT2D eigenvalue weighted by molar-refractivity contribution is 0.103. The molecule has 0 atom stereocenters. The molecule has 0 aliphatic heterocycles. The Morgan fingerprint density at radius 2 is 1.86 bits per heavy atom. The van der Waals surface area contributed by atoms with Crippen LogP contribution >= 0.6 is 62.1 Å². The average Bonchev–Trinajstić information content (AvgIpc) is 2.78. The van der Waals surface area contributed by atoms with E-state index in [0.717, 1.165) is 14.6 Å². The first-order chi connectivity index (χ1) is 10.5. The van der Waals surface area contributed by atoms with E-state index >= 15 is 0 Å². The van der Waals surface area contributed by atoms with Gasteiger partial charge in [0.05, 0.1) is 15.7 Å². The molecular formula is C15H7BrCl3NOS. The van der Waals surface area contributed by atoms with Crippen molar-refractivity contribution in [1.29, 1.82) is 0 Å². The van der Waals surface area contributed by atoms with Gasteiger partial charge in [-0.05, 0) is 30.3 Å². The van der Waals surface area contributed by atoms with Crippen molar-refractivity contribution in [3.63, 3.8) is 0 Å². The number of thiophene rings is 1. The molecule has 3 rings (SSSR count). The number of rotatable bonds is 2. The van der Waals surface area contributed by atoms with Crippen LogP contribution < -0.4 is 5.32 Å². The summed E-state index contributed by atoms with van der Waals surface area (Å²) < 4.78 is 1.70. The van der Waals surface area contributed by atoms with Crippen molar-refractivity contribution in [2.45, 2.75) is 0 Å². The van der Waals surface area contributed by atoms with Gasteiger partial charge in [0, 0.05) is 19.6 Å². The van der Waals surface area contributed by atoms with E-state index in [4.69, 9.17) is 34.8 Å². The lowest BCUT2D eigenvalue weighted by Gasteiger charge is -2.06. The van der Waals surface area contributed by atoms with Gasteiger partial charge in [0.15, 0.2) is 0 Å². The molecule has 2 nitrogen and oxygen atoms in total. The molecule has 0 aliphatic carbocycles. The quantitative estimate of drug-likeness (QED) is 0.467. The van der Waals surface area contributed by atoms with E-state index in [-0.39, 0.29) is 5.91 Å². The summed E-state index contributed by atoms with van der Waals surface area (Å²) in [5, 5.41) is 5.05. The summed E-state index contributed by atoms with van der Waals surface area (Å²) in [5.74, 6) is -0.299. The average molecular weight is 436 g/mol. The molecule has 1 aromatic heterocycles. The number of amides is 1. The molecule has 0 saturated carbocycles. The Kier molecular flexibility index (Phi) is 4.67. The number of hydrogen-bond donors (Lipinski definition) is 1. The maximum atomic E-state index is 12.4. The molecule has 0 aliphatic rings. The molecule has 0 fully saturated rings. The lowest BCUT2D eigenvalue weighted by Crippen LogP contribution is -2.10. The molecule has 0 radical (unpaired) electrons. The summed E-state index contributed by atoms with van der Waals surface area (Å²) in [6.45, 7) is 0. The minimum atomic E-state index is -0.299. The first-order valence-corrected chi connectivity index (χ1v) is 8.84. The molecule has 22 heavy (non-hydrogen) atoms. The van der Waals surface area contributed by atoms with Crippen LogP contribution in [0.25, 0.3) is 10.1 Å². The first kappa shape index (κ1) is 16.1. The number of benzene rings is 2. The van der Waals surface area contributed by atoms with Gasteiger partial charge in [-0.15, -0.1) is 11.3 Å². The maximum absolute atomic E-state index is 12.4. The number of carbonyl (C=O) groups is 1. The topological polar surface area (TPSA) is 29.1 Å². The summed E-state index contributed by atoms with van der Waals surface area (Å²) >= 11 is 23.0. The fraction of sp³-hybridized carbons (Fsp3) is 0. The van der Waals surface area contributed by atoms with Gasteiger partial charge < -0.3 is 5.32 Å². The highest BCUT2D eigenvalue weighted by Gasteiger charge is 2.18. The molecular weight excluding hydrogens is 429 g/mol. The van der Waals surface area contributed by atoms with Crippen LogP contribution in [0.5, 0.6) is 0 Å². The number of carbonyl (C=O) groups excluding carboxylic acids is 1. The highest BCUT2D eigenvalue weighted by Crippen LogP contribution is 2.37. The summed E-state index contributed by atoms with van der Waals surface area (Å²) in [7, 11) is 0. The van der Waals surface area contributed by atoms with Gasteiger partial charge in [-0.3, -0.25) is 4.79 Å². The van der Waals surface area contributed by atoms with E-state index in [1.165, 1.54) is 11.3 Å². The zero-order valence-corrected chi connectivity index (χ0v) is 15.5. The zero-order valence-electron chi connectivity index (χ0n) is 10.8. The Morgan fingerprint density at radius 3 is 2.59 bits per heavy atom. The monoisotopic (exact) mass is 433 g/mol. The van der Waals surface area contributed by atoms with Gasteiger partial charge in [0.1, 0.15) is 4.88 Å². The van der Waals surface area contributed by atoms with Crippen LogP contribution in [0, 0.1) is 0 Å². The predicted molar refractivity (Wildman–Crippen MR) is 99.0 cm³/mol. The Labute approximate surface area is 154 Å². The third kappa shape index (κ3) is 3.12. The normalized spacial score (nSPS) is 10.9. The zero-order chi connectivity index (χ0) is 15.9. The van der Waals surface area contributed by atoms with Crippen LogP contribution in [0.3, 0.4) is 0 Å². The Bertz CT molecular complexity index is 894. The molecule has 0 spiro atoms. The number of nitrogens with one attached hydrogen (secondary N) is 1. The standard InChI is InChI=1S/C15H7BrCl3NOS/c16-7-1-4-11(10(18)5-7)20-15(21)14-13(19)9-3-2-8(17)6-12(9)22-14/h1-6H,(H,20,21). The molecule has 7 heteroatoms. The van der Waals surface area contributed by atoms with Crippen molar-refractivity contribution in [3.05, 3.63) is 60.8 Å². The molecule has 1 N–H and O–H groups in total. The summed E-state index contributed by atoms with van der Waals surface area (Å²) in [5.41, 5.74) is 0.529. The fourth-order valence-electron chi connectivity index (χ4n) is 1.95. The van der Waals surface area contributed by atoms with Crippen LogP contribution in [-0.4, -0.2) is 5.91 Å². The van der Waals surface area contributed by atoms with E-state index in [9.17, 15) is 4.79 Å². The minimum absolute atomic E-state index is 0.299. The number of hydrogen-bond acceptors (Lipinski definition) is 2. The highest BCUT2D eigenvalue weighted by atomic mass is 79.9. The van der Waals surface area contributed by atoms with Crippen molar-refractivity contribution >= 4 is 83.8 Å². The molecule has 1 amide bonds. The molecule has 1 heterocycles. The Hall–Kier alpha value is -0.780. The largest absolute Gasteiger partial charge is 0.320 e. The van der Waals surface area contributed by atoms with E-state index in [1.54, 1.807) is 36.4 Å². The summed E-state index contributed by atoms with van der Waals surface area (Å²) in [6.07, 6.45) is 0. The van der Waals surface area contributed by atoms with Gasteiger partial charge >= 0.3 is 0 Å². The van der Waals surface area contributed by atoms with E-state index in [2.05, 4.69) is 21.2 Å². The van der Waals surface area contributed by atoms with E-state index < -0.39 is 0 Å². The highest BCUT2D eigenvalue weighted by molar-refractivity contribution is 9.10. The summed E-state index contributed by atoms with van der Waals surface area (Å²) in [6, 6.07) is 10.6. The fourth-order valence-corrected chi connectivity index (χ4v) is 4.36. The minimum Gasteiger partial charge on any atom is -0.320 e. The van der Waals surface area contributed by atoms with Gasteiger partial charge in [-0.1, -0.05) is 56.8 Å². The number of fused-ring (bicyclic) bond motifs is 1. The SMILES string of the molecule is O=C(Nc1ccc(Br)cc1Cl)c1sc2cc(Cl)ccc2c1Cl. The van der Waals surface area contributed by atoms with Crippen molar-refractivity contribution in [2.75, 3.05) is 5.32 Å². The van der Waals surface area contributed by atoms with E-state index in [0.29, 0.717) is 25.6 Å². The number of anilines is 1. The van der Waals surface area contributed by atoms with Crippen molar-refractivity contribution in [2.24, 2.45) is 0 Å². The Morgan fingerprint density at radius 1 is 1.09 bits per heavy atom.